The average Bonchev–Trinajstić information content (AvgIpc) is 2.44. The first-order chi connectivity index (χ1) is 4.92. The van der Waals surface area contributed by atoms with E-state index in [0.717, 1.165) is 11.0 Å². The molecular weight excluding hydrogens is 130 g/mol. The third-order valence-corrected chi connectivity index (χ3v) is 1.30. The molecule has 0 atom stereocenters. The lowest BCUT2D eigenvalue weighted by molar-refractivity contribution is 0.581. The van der Waals surface area contributed by atoms with E-state index in [0.29, 0.717) is 5.88 Å². The van der Waals surface area contributed by atoms with Gasteiger partial charge in [-0.2, -0.15) is 0 Å². The van der Waals surface area contributed by atoms with Crippen molar-refractivity contribution in [1.82, 2.24) is 9.97 Å². The Labute approximate surface area is 56.6 Å². The summed E-state index contributed by atoms with van der Waals surface area (Å²) in [6.07, 6.45) is 3.15. The molecule has 2 aromatic heterocycles. The molecule has 2 rings (SSSR count). The van der Waals surface area contributed by atoms with Crippen molar-refractivity contribution in [2.45, 2.75) is 0 Å². The summed E-state index contributed by atoms with van der Waals surface area (Å²) in [4.78, 5) is 10.5. The molecule has 0 radical (unpaired) electrons. The molecule has 0 saturated carbocycles. The van der Waals surface area contributed by atoms with Crippen molar-refractivity contribution < 1.29 is 4.42 Å². The topological polar surface area (TPSA) is 54.2 Å². The van der Waals surface area contributed by atoms with Gasteiger partial charge in [0.1, 0.15) is 11.8 Å². The van der Waals surface area contributed by atoms with Crippen LogP contribution in [0.3, 0.4) is 0 Å². The van der Waals surface area contributed by atoms with E-state index in [-0.39, 0.29) is 0 Å². The molecular formula is C6H5N3O. The summed E-state index contributed by atoms with van der Waals surface area (Å²) in [6, 6.07) is 0. The molecule has 1 N–H and O–H groups in total. The van der Waals surface area contributed by atoms with E-state index in [9.17, 15) is 0 Å². The number of hydrogen-bond donors (Lipinski definition) is 1. The highest BCUT2D eigenvalue weighted by Gasteiger charge is 2.04. The summed E-state index contributed by atoms with van der Waals surface area (Å²) in [5, 5.41) is 0. The fourth-order valence-electron chi connectivity index (χ4n) is 0.847. The third kappa shape index (κ3) is 0.500. The van der Waals surface area contributed by atoms with Crippen molar-refractivity contribution in [2.75, 3.05) is 0 Å². The SMILES string of the molecule is C=Nc1occ2[nH]cnc12. The number of nitrogens with zero attached hydrogens (tertiary/aromatic N) is 2. The summed E-state index contributed by atoms with van der Waals surface area (Å²) < 4.78 is 4.98. The molecule has 0 aromatic carbocycles. The number of aromatic nitrogens is 2. The van der Waals surface area contributed by atoms with Crippen molar-refractivity contribution in [2.24, 2.45) is 4.99 Å². The largest absolute Gasteiger partial charge is 0.443 e. The first kappa shape index (κ1) is 5.22. The Kier molecular flexibility index (Phi) is 0.887. The van der Waals surface area contributed by atoms with E-state index < -0.39 is 0 Å². The number of aliphatic imine (C=N–C) groups is 1. The highest BCUT2D eigenvalue weighted by Crippen LogP contribution is 2.23. The Morgan fingerprint density at radius 2 is 2.60 bits per heavy atom. The van der Waals surface area contributed by atoms with Gasteiger partial charge in [0.15, 0.2) is 5.52 Å². The predicted molar refractivity (Wildman–Crippen MR) is 37.6 cm³/mol. The van der Waals surface area contributed by atoms with Crippen LogP contribution in [0.2, 0.25) is 0 Å². The zero-order valence-corrected chi connectivity index (χ0v) is 5.16. The summed E-state index contributed by atoms with van der Waals surface area (Å²) in [7, 11) is 0. The molecule has 2 heterocycles. The van der Waals surface area contributed by atoms with Gasteiger partial charge in [-0.15, -0.1) is 0 Å². The van der Waals surface area contributed by atoms with Crippen molar-refractivity contribution in [3.05, 3.63) is 12.6 Å². The first-order valence-corrected chi connectivity index (χ1v) is 2.79. The number of hydrogen-bond acceptors (Lipinski definition) is 3. The molecule has 4 nitrogen and oxygen atoms in total. The van der Waals surface area contributed by atoms with Crippen LogP contribution in [0.15, 0.2) is 22.0 Å². The maximum atomic E-state index is 4.98. The lowest BCUT2D eigenvalue weighted by Crippen LogP contribution is -1.57. The van der Waals surface area contributed by atoms with Gasteiger partial charge in [-0.25, -0.2) is 9.98 Å². The molecule has 0 spiro atoms. The normalized spacial score (nSPS) is 10.4. The van der Waals surface area contributed by atoms with Crippen LogP contribution in [0.5, 0.6) is 0 Å². The van der Waals surface area contributed by atoms with Gasteiger partial charge < -0.3 is 9.40 Å². The summed E-state index contributed by atoms with van der Waals surface area (Å²) >= 11 is 0. The number of fused-ring (bicyclic) bond motifs is 1. The second-order valence-corrected chi connectivity index (χ2v) is 1.86. The van der Waals surface area contributed by atoms with Gasteiger partial charge in [-0.1, -0.05) is 0 Å². The molecule has 0 saturated heterocycles. The Morgan fingerprint density at radius 3 is 3.40 bits per heavy atom. The quantitative estimate of drug-likeness (QED) is 0.602. The van der Waals surface area contributed by atoms with Crippen LogP contribution in [0, 0.1) is 0 Å². The van der Waals surface area contributed by atoms with E-state index in [1.54, 1.807) is 12.6 Å². The van der Waals surface area contributed by atoms with Crippen molar-refractivity contribution in [3.63, 3.8) is 0 Å². The van der Waals surface area contributed by atoms with Gasteiger partial charge in [0.05, 0.1) is 6.33 Å². The zero-order valence-electron chi connectivity index (χ0n) is 5.16. The van der Waals surface area contributed by atoms with Crippen molar-refractivity contribution >= 4 is 23.6 Å². The molecule has 0 aliphatic heterocycles. The Hall–Kier alpha value is -1.58. The number of furan rings is 1. The molecule has 2 aromatic rings. The number of H-pyrrole nitrogens is 1. The second kappa shape index (κ2) is 1.70. The zero-order chi connectivity index (χ0) is 6.97. The minimum Gasteiger partial charge on any atom is -0.443 e. The fourth-order valence-corrected chi connectivity index (χ4v) is 0.847. The maximum Gasteiger partial charge on any atom is 0.246 e. The van der Waals surface area contributed by atoms with Gasteiger partial charge in [0.25, 0.3) is 0 Å². The summed E-state index contributed by atoms with van der Waals surface area (Å²) in [6.45, 7) is 3.34. The highest BCUT2D eigenvalue weighted by atomic mass is 16.3. The summed E-state index contributed by atoms with van der Waals surface area (Å²) in [5.74, 6) is 0.469. The van der Waals surface area contributed by atoms with Crippen LogP contribution in [0.4, 0.5) is 5.88 Å². The molecule has 0 fully saturated rings. The highest BCUT2D eigenvalue weighted by molar-refractivity contribution is 5.83. The van der Waals surface area contributed by atoms with Gasteiger partial charge in [-0.05, 0) is 6.72 Å². The van der Waals surface area contributed by atoms with Crippen LogP contribution in [0.1, 0.15) is 0 Å². The van der Waals surface area contributed by atoms with E-state index in [2.05, 4.69) is 21.7 Å². The summed E-state index contributed by atoms with van der Waals surface area (Å²) in [5.41, 5.74) is 1.58. The smallest absolute Gasteiger partial charge is 0.246 e. The van der Waals surface area contributed by atoms with E-state index in [1.165, 1.54) is 0 Å². The van der Waals surface area contributed by atoms with E-state index in [4.69, 9.17) is 4.42 Å². The standard InChI is InChI=1S/C6H5N3O/c1-7-6-5-4(2-10-6)8-3-9-5/h2-3H,1H2,(H,8,9). The van der Waals surface area contributed by atoms with Crippen LogP contribution in [0.25, 0.3) is 11.0 Å². The molecule has 10 heavy (non-hydrogen) atoms. The minimum atomic E-state index is 0.469. The number of imidazole rings is 1. The lowest BCUT2D eigenvalue weighted by atomic mass is 10.5. The molecule has 0 unspecified atom stereocenters. The van der Waals surface area contributed by atoms with E-state index in [1.807, 2.05) is 0 Å². The van der Waals surface area contributed by atoms with Gasteiger partial charge >= 0.3 is 0 Å². The molecule has 0 aliphatic rings. The van der Waals surface area contributed by atoms with Crippen LogP contribution in [-0.4, -0.2) is 16.7 Å². The molecule has 4 heteroatoms. The Balaban J connectivity index is 2.88. The Morgan fingerprint density at radius 1 is 1.70 bits per heavy atom. The molecule has 50 valence electrons. The van der Waals surface area contributed by atoms with Gasteiger partial charge in [0.2, 0.25) is 5.88 Å². The van der Waals surface area contributed by atoms with Gasteiger partial charge in [0, 0.05) is 0 Å². The van der Waals surface area contributed by atoms with Crippen LogP contribution in [-0.2, 0) is 0 Å². The van der Waals surface area contributed by atoms with Crippen LogP contribution < -0.4 is 0 Å². The monoisotopic (exact) mass is 135 g/mol. The second-order valence-electron chi connectivity index (χ2n) is 1.86. The third-order valence-electron chi connectivity index (χ3n) is 1.30. The van der Waals surface area contributed by atoms with Crippen molar-refractivity contribution in [1.29, 1.82) is 0 Å². The predicted octanol–water partition coefficient (Wildman–Crippen LogP) is 1.49. The number of aromatic amines is 1. The number of rotatable bonds is 1. The molecule has 0 bridgehead atoms. The Bertz CT molecular complexity index is 360. The fraction of sp³-hybridized carbons (Fsp3) is 0. The van der Waals surface area contributed by atoms with Crippen molar-refractivity contribution in [3.8, 4) is 0 Å². The average molecular weight is 135 g/mol. The minimum absolute atomic E-state index is 0.469. The number of nitrogens with one attached hydrogen (secondary N) is 1. The molecule has 0 aliphatic carbocycles. The van der Waals surface area contributed by atoms with Gasteiger partial charge in [-0.3, -0.25) is 0 Å². The maximum absolute atomic E-state index is 4.98. The van der Waals surface area contributed by atoms with Crippen LogP contribution >= 0.6 is 0 Å². The lowest BCUT2D eigenvalue weighted by Gasteiger charge is -1.77. The first-order valence-electron chi connectivity index (χ1n) is 2.79. The van der Waals surface area contributed by atoms with E-state index >= 15 is 0 Å². The molecule has 0 amide bonds.